The van der Waals surface area contributed by atoms with Gasteiger partial charge in [-0.15, -0.1) is 11.3 Å². The van der Waals surface area contributed by atoms with Gasteiger partial charge in [0.1, 0.15) is 11.6 Å². The molecule has 6 nitrogen and oxygen atoms in total. The maximum Gasteiger partial charge on any atom is 0.262 e. The number of fused-ring (bicyclic) bond motifs is 2. The molecule has 2 aromatic carbocycles. The van der Waals surface area contributed by atoms with Crippen molar-refractivity contribution in [3.05, 3.63) is 62.6 Å². The van der Waals surface area contributed by atoms with Crippen LogP contribution in [0.5, 0.6) is 0 Å². The Morgan fingerprint density at radius 3 is 2.33 bits per heavy atom. The Morgan fingerprint density at radius 1 is 1.07 bits per heavy atom. The van der Waals surface area contributed by atoms with Gasteiger partial charge < -0.3 is 5.32 Å². The first kappa shape index (κ1) is 17.9. The quantitative estimate of drug-likeness (QED) is 0.656. The number of benzene rings is 2. The lowest BCUT2D eigenvalue weighted by atomic mass is 10.1. The molecule has 9 heteroatoms. The monoisotopic (exact) mass is 419 g/mol. The number of nitrogens with zero attached hydrogens (tertiary/aromatic N) is 2. The summed E-state index contributed by atoms with van der Waals surface area (Å²) in [4.78, 5) is 42.4. The van der Waals surface area contributed by atoms with Crippen molar-refractivity contribution < 1.29 is 14.4 Å². The molecule has 3 aromatic rings. The van der Waals surface area contributed by atoms with E-state index in [9.17, 15) is 14.4 Å². The van der Waals surface area contributed by atoms with E-state index in [0.717, 1.165) is 20.1 Å². The van der Waals surface area contributed by atoms with E-state index in [1.807, 2.05) is 24.3 Å². The predicted octanol–water partition coefficient (Wildman–Crippen LogP) is 3.52. The van der Waals surface area contributed by atoms with Gasteiger partial charge in [-0.3, -0.25) is 19.3 Å². The van der Waals surface area contributed by atoms with Crippen molar-refractivity contribution in [2.45, 2.75) is 6.54 Å². The van der Waals surface area contributed by atoms with E-state index in [4.69, 9.17) is 23.2 Å². The lowest BCUT2D eigenvalue weighted by Crippen LogP contribution is -2.40. The maximum atomic E-state index is 12.4. The first-order valence-corrected chi connectivity index (χ1v) is 9.47. The zero-order valence-corrected chi connectivity index (χ0v) is 16.0. The molecule has 1 aliphatic heterocycles. The molecular formula is C18H11Cl2N3O3S. The summed E-state index contributed by atoms with van der Waals surface area (Å²) in [6, 6.07) is 10.4. The molecule has 136 valence electrons. The van der Waals surface area contributed by atoms with Crippen LogP contribution in [-0.4, -0.2) is 34.2 Å². The summed E-state index contributed by atoms with van der Waals surface area (Å²) < 4.78 is 1.02. The molecule has 1 aliphatic rings. The van der Waals surface area contributed by atoms with Gasteiger partial charge in [0.15, 0.2) is 0 Å². The van der Waals surface area contributed by atoms with E-state index in [1.165, 1.54) is 23.5 Å². The van der Waals surface area contributed by atoms with E-state index in [1.54, 1.807) is 0 Å². The van der Waals surface area contributed by atoms with Gasteiger partial charge in [-0.05, 0) is 24.3 Å². The Morgan fingerprint density at radius 2 is 1.70 bits per heavy atom. The molecule has 0 aliphatic carbocycles. The highest BCUT2D eigenvalue weighted by molar-refractivity contribution is 7.18. The van der Waals surface area contributed by atoms with Crippen LogP contribution in [0, 0.1) is 0 Å². The molecule has 1 N–H and O–H groups in total. The molecule has 0 saturated heterocycles. The minimum Gasteiger partial charge on any atom is -0.348 e. The lowest BCUT2D eigenvalue weighted by molar-refractivity contribution is -0.121. The molecule has 0 saturated carbocycles. The van der Waals surface area contributed by atoms with Crippen LogP contribution in [0.3, 0.4) is 0 Å². The summed E-state index contributed by atoms with van der Waals surface area (Å²) in [7, 11) is 0. The van der Waals surface area contributed by atoms with Gasteiger partial charge in [0.25, 0.3) is 11.8 Å². The molecule has 0 spiro atoms. The van der Waals surface area contributed by atoms with Crippen molar-refractivity contribution in [2.75, 3.05) is 6.54 Å². The molecule has 0 atom stereocenters. The third-order valence-electron chi connectivity index (χ3n) is 4.09. The van der Waals surface area contributed by atoms with Crippen molar-refractivity contribution in [1.82, 2.24) is 15.2 Å². The number of carbonyl (C=O) groups is 3. The summed E-state index contributed by atoms with van der Waals surface area (Å²) in [5, 5.41) is 3.79. The van der Waals surface area contributed by atoms with E-state index >= 15 is 0 Å². The van der Waals surface area contributed by atoms with Gasteiger partial charge in [0.05, 0.1) is 37.9 Å². The number of para-hydroxylation sites is 1. The van der Waals surface area contributed by atoms with Crippen molar-refractivity contribution in [3.63, 3.8) is 0 Å². The van der Waals surface area contributed by atoms with E-state index in [2.05, 4.69) is 10.3 Å². The molecule has 0 fully saturated rings. The Kier molecular flexibility index (Phi) is 4.59. The SMILES string of the molecule is O=C(CN1C(=O)c2cc(Cl)c(Cl)cc2C1=O)NCc1nc2ccccc2s1. The van der Waals surface area contributed by atoms with Crippen LogP contribution in [0.15, 0.2) is 36.4 Å². The normalized spacial score (nSPS) is 13.3. The summed E-state index contributed by atoms with van der Waals surface area (Å²) >= 11 is 13.3. The predicted molar refractivity (Wildman–Crippen MR) is 103 cm³/mol. The Hall–Kier alpha value is -2.48. The van der Waals surface area contributed by atoms with Crippen molar-refractivity contribution in [1.29, 1.82) is 0 Å². The van der Waals surface area contributed by atoms with Gasteiger partial charge in [0, 0.05) is 0 Å². The average Bonchev–Trinajstić information content (AvgIpc) is 3.16. The van der Waals surface area contributed by atoms with Gasteiger partial charge in [-0.25, -0.2) is 4.98 Å². The Balaban J connectivity index is 1.44. The number of nitrogens with one attached hydrogen (secondary N) is 1. The minimum atomic E-state index is -0.566. The number of carbonyl (C=O) groups excluding carboxylic acids is 3. The maximum absolute atomic E-state index is 12.4. The number of imide groups is 1. The van der Waals surface area contributed by atoms with Crippen LogP contribution >= 0.6 is 34.5 Å². The smallest absolute Gasteiger partial charge is 0.262 e. The van der Waals surface area contributed by atoms with Crippen LogP contribution in [-0.2, 0) is 11.3 Å². The van der Waals surface area contributed by atoms with Crippen LogP contribution in [0.25, 0.3) is 10.2 Å². The standard InChI is InChI=1S/C18H11Cl2N3O3S/c19-11-5-9-10(6-12(11)20)18(26)23(17(9)25)8-15(24)21-7-16-22-13-3-1-2-4-14(13)27-16/h1-6H,7-8H2,(H,21,24). The first-order chi connectivity index (χ1) is 12.9. The molecule has 0 unspecified atom stereocenters. The highest BCUT2D eigenvalue weighted by Crippen LogP contribution is 2.31. The zero-order valence-electron chi connectivity index (χ0n) is 13.7. The molecule has 2 heterocycles. The fourth-order valence-corrected chi connectivity index (χ4v) is 4.03. The molecule has 3 amide bonds. The van der Waals surface area contributed by atoms with Crippen molar-refractivity contribution >= 4 is 62.5 Å². The number of halogens is 2. The number of amides is 3. The Bertz CT molecular complexity index is 1040. The molecule has 4 rings (SSSR count). The third kappa shape index (κ3) is 3.29. The third-order valence-corrected chi connectivity index (χ3v) is 5.85. The van der Waals surface area contributed by atoms with Gasteiger partial charge in [0.2, 0.25) is 5.91 Å². The second-order valence-corrected chi connectivity index (χ2v) is 7.79. The van der Waals surface area contributed by atoms with E-state index in [0.29, 0.717) is 0 Å². The topological polar surface area (TPSA) is 79.4 Å². The van der Waals surface area contributed by atoms with Crippen LogP contribution in [0.4, 0.5) is 0 Å². The lowest BCUT2D eigenvalue weighted by Gasteiger charge is -2.13. The second-order valence-electron chi connectivity index (χ2n) is 5.86. The Labute approximate surface area is 167 Å². The highest BCUT2D eigenvalue weighted by atomic mass is 35.5. The van der Waals surface area contributed by atoms with Gasteiger partial charge in [-0.1, -0.05) is 35.3 Å². The van der Waals surface area contributed by atoms with E-state index in [-0.39, 0.29) is 34.3 Å². The fraction of sp³-hybridized carbons (Fsp3) is 0.111. The summed E-state index contributed by atoms with van der Waals surface area (Å²) in [5.74, 6) is -1.59. The summed E-state index contributed by atoms with van der Waals surface area (Å²) in [6.07, 6.45) is 0. The second kappa shape index (κ2) is 6.92. The molecule has 0 bridgehead atoms. The van der Waals surface area contributed by atoms with Crippen LogP contribution in [0.1, 0.15) is 25.7 Å². The fourth-order valence-electron chi connectivity index (χ4n) is 2.80. The minimum absolute atomic E-state index is 0.147. The van der Waals surface area contributed by atoms with Crippen LogP contribution in [0.2, 0.25) is 10.0 Å². The number of aromatic nitrogens is 1. The van der Waals surface area contributed by atoms with Crippen LogP contribution < -0.4 is 5.32 Å². The number of thiazole rings is 1. The summed E-state index contributed by atoms with van der Waals surface area (Å²) in [5.41, 5.74) is 1.16. The van der Waals surface area contributed by atoms with Gasteiger partial charge >= 0.3 is 0 Å². The van der Waals surface area contributed by atoms with Crippen molar-refractivity contribution in [3.8, 4) is 0 Å². The average molecular weight is 420 g/mol. The largest absolute Gasteiger partial charge is 0.348 e. The summed E-state index contributed by atoms with van der Waals surface area (Å²) in [6.45, 7) is -0.161. The molecule has 1 aromatic heterocycles. The first-order valence-electron chi connectivity index (χ1n) is 7.90. The number of rotatable bonds is 4. The highest BCUT2D eigenvalue weighted by Gasteiger charge is 2.37. The molecular weight excluding hydrogens is 409 g/mol. The molecule has 0 radical (unpaired) electrons. The number of hydrogen-bond donors (Lipinski definition) is 1. The number of hydrogen-bond acceptors (Lipinski definition) is 5. The zero-order chi connectivity index (χ0) is 19.1. The van der Waals surface area contributed by atoms with Gasteiger partial charge in [-0.2, -0.15) is 0 Å². The molecule has 27 heavy (non-hydrogen) atoms. The van der Waals surface area contributed by atoms with Crippen molar-refractivity contribution in [2.24, 2.45) is 0 Å². The van der Waals surface area contributed by atoms with E-state index < -0.39 is 17.7 Å².